The summed E-state index contributed by atoms with van der Waals surface area (Å²) in [7, 11) is 0. The Kier molecular flexibility index (Phi) is 4.13. The molecular weight excluding hydrogens is 314 g/mol. The quantitative estimate of drug-likeness (QED) is 0.930. The number of aromatic nitrogens is 2. The Bertz CT molecular complexity index is 557. The second-order valence-corrected chi connectivity index (χ2v) is 6.36. The van der Waals surface area contributed by atoms with Crippen LogP contribution in [0.2, 0.25) is 0 Å². The van der Waals surface area contributed by atoms with Crippen molar-refractivity contribution in [3.8, 4) is 0 Å². The van der Waals surface area contributed by atoms with E-state index in [9.17, 15) is 0 Å². The minimum Gasteiger partial charge on any atom is -0.308 e. The molecule has 1 aliphatic rings. The smallest absolute Gasteiger partial charge is 0.0724 e. The van der Waals surface area contributed by atoms with E-state index in [1.807, 2.05) is 19.3 Å². The summed E-state index contributed by atoms with van der Waals surface area (Å²) in [6, 6.07) is 9.29. The molecule has 0 unspecified atom stereocenters. The summed E-state index contributed by atoms with van der Waals surface area (Å²) in [5.41, 5.74) is 3.43. The van der Waals surface area contributed by atoms with Gasteiger partial charge < -0.3 is 5.32 Å². The Labute approximate surface area is 128 Å². The molecule has 1 aromatic carbocycles. The molecule has 3 rings (SSSR count). The molecule has 3 nitrogen and oxygen atoms in total. The van der Waals surface area contributed by atoms with Crippen molar-refractivity contribution in [1.29, 1.82) is 0 Å². The fraction of sp³-hybridized carbons (Fsp3) is 0.375. The summed E-state index contributed by atoms with van der Waals surface area (Å²) in [6.45, 7) is 2.77. The lowest BCUT2D eigenvalue weighted by molar-refractivity contribution is 0.288. The predicted molar refractivity (Wildman–Crippen MR) is 83.5 cm³/mol. The molecule has 1 aliphatic carbocycles. The highest BCUT2D eigenvalue weighted by Crippen LogP contribution is 2.37. The van der Waals surface area contributed by atoms with Crippen molar-refractivity contribution >= 4 is 15.9 Å². The highest BCUT2D eigenvalue weighted by Gasteiger charge is 2.29. The molecule has 0 bridgehead atoms. The molecule has 4 heteroatoms. The van der Waals surface area contributed by atoms with Crippen LogP contribution in [0.15, 0.2) is 41.1 Å². The first-order valence-electron chi connectivity index (χ1n) is 6.97. The van der Waals surface area contributed by atoms with E-state index in [4.69, 9.17) is 0 Å². The number of rotatable bonds is 4. The number of nitrogens with zero attached hydrogens (tertiary/aromatic N) is 2. The Morgan fingerprint density at radius 2 is 1.90 bits per heavy atom. The highest BCUT2D eigenvalue weighted by molar-refractivity contribution is 9.10. The van der Waals surface area contributed by atoms with Crippen LogP contribution in [0.1, 0.15) is 35.7 Å². The Hall–Kier alpha value is -1.26. The lowest BCUT2D eigenvalue weighted by atomic mass is 9.76. The summed E-state index contributed by atoms with van der Waals surface area (Å²) >= 11 is 3.48. The number of nitrogens with one attached hydrogen (secondary N) is 1. The molecule has 1 fully saturated rings. The average molecular weight is 332 g/mol. The zero-order valence-corrected chi connectivity index (χ0v) is 13.1. The van der Waals surface area contributed by atoms with Gasteiger partial charge in [-0.1, -0.05) is 28.1 Å². The largest absolute Gasteiger partial charge is 0.308 e. The van der Waals surface area contributed by atoms with Crippen molar-refractivity contribution in [2.75, 3.05) is 0 Å². The van der Waals surface area contributed by atoms with Gasteiger partial charge in [-0.15, -0.1) is 0 Å². The molecule has 0 radical (unpaired) electrons. The lowest BCUT2D eigenvalue weighted by Gasteiger charge is -2.36. The van der Waals surface area contributed by atoms with Crippen molar-refractivity contribution in [3.63, 3.8) is 0 Å². The molecular formula is C16H18BrN3. The maximum absolute atomic E-state index is 4.37. The molecule has 1 aromatic heterocycles. The monoisotopic (exact) mass is 331 g/mol. The molecule has 2 aromatic rings. The zero-order valence-electron chi connectivity index (χ0n) is 11.5. The standard InChI is InChI=1S/C16H18BrN3/c1-11-8-19-16(9-18-11)10-20-15-6-13(7-15)12-2-4-14(17)5-3-12/h2-5,8-9,13,15,20H,6-7,10H2,1H3. The van der Waals surface area contributed by atoms with Gasteiger partial charge in [0.25, 0.3) is 0 Å². The fourth-order valence-corrected chi connectivity index (χ4v) is 2.82. The Morgan fingerprint density at radius 3 is 2.55 bits per heavy atom. The van der Waals surface area contributed by atoms with Gasteiger partial charge in [-0.25, -0.2) is 0 Å². The summed E-state index contributed by atoms with van der Waals surface area (Å²) in [5, 5.41) is 3.55. The molecule has 1 saturated carbocycles. The molecule has 0 atom stereocenters. The van der Waals surface area contributed by atoms with Gasteiger partial charge in [-0.3, -0.25) is 9.97 Å². The van der Waals surface area contributed by atoms with Crippen LogP contribution in [0.25, 0.3) is 0 Å². The third kappa shape index (κ3) is 3.25. The van der Waals surface area contributed by atoms with Crippen LogP contribution >= 0.6 is 15.9 Å². The van der Waals surface area contributed by atoms with Crippen LogP contribution in [0, 0.1) is 6.92 Å². The molecule has 20 heavy (non-hydrogen) atoms. The number of hydrogen-bond acceptors (Lipinski definition) is 3. The van der Waals surface area contributed by atoms with Crippen molar-refractivity contribution in [3.05, 3.63) is 58.1 Å². The third-order valence-corrected chi connectivity index (χ3v) is 4.41. The van der Waals surface area contributed by atoms with Crippen LogP contribution in [0.3, 0.4) is 0 Å². The SMILES string of the molecule is Cc1cnc(CNC2CC(c3ccc(Br)cc3)C2)cn1. The van der Waals surface area contributed by atoms with Crippen molar-refractivity contribution in [2.24, 2.45) is 0 Å². The second-order valence-electron chi connectivity index (χ2n) is 5.45. The Balaban J connectivity index is 1.46. The average Bonchev–Trinajstić information content (AvgIpc) is 2.41. The molecule has 0 spiro atoms. The van der Waals surface area contributed by atoms with Crippen LogP contribution in [-0.2, 0) is 6.54 Å². The minimum atomic E-state index is 0.603. The van der Waals surface area contributed by atoms with E-state index < -0.39 is 0 Å². The van der Waals surface area contributed by atoms with Gasteiger partial charge in [0.2, 0.25) is 0 Å². The summed E-state index contributed by atoms with van der Waals surface area (Å²) < 4.78 is 1.15. The van der Waals surface area contributed by atoms with Gasteiger partial charge in [-0.2, -0.15) is 0 Å². The molecule has 0 amide bonds. The summed E-state index contributed by atoms with van der Waals surface area (Å²) in [5.74, 6) is 0.699. The van der Waals surface area contributed by atoms with Crippen LogP contribution < -0.4 is 5.32 Å². The second kappa shape index (κ2) is 6.02. The van der Waals surface area contributed by atoms with Crippen molar-refractivity contribution < 1.29 is 0 Å². The molecule has 104 valence electrons. The van der Waals surface area contributed by atoms with Crippen LogP contribution in [-0.4, -0.2) is 16.0 Å². The van der Waals surface area contributed by atoms with Gasteiger partial charge in [0, 0.05) is 29.5 Å². The van der Waals surface area contributed by atoms with Gasteiger partial charge in [0.15, 0.2) is 0 Å². The first kappa shape index (κ1) is 13.7. The summed E-state index contributed by atoms with van der Waals surface area (Å²) in [4.78, 5) is 8.63. The molecule has 0 saturated heterocycles. The first-order valence-corrected chi connectivity index (χ1v) is 7.76. The fourth-order valence-electron chi connectivity index (χ4n) is 2.55. The predicted octanol–water partition coefficient (Wildman–Crippen LogP) is 3.58. The van der Waals surface area contributed by atoms with E-state index in [0.717, 1.165) is 22.4 Å². The van der Waals surface area contributed by atoms with E-state index in [-0.39, 0.29) is 0 Å². The van der Waals surface area contributed by atoms with Gasteiger partial charge >= 0.3 is 0 Å². The lowest BCUT2D eigenvalue weighted by Crippen LogP contribution is -2.39. The molecule has 1 heterocycles. The maximum Gasteiger partial charge on any atom is 0.0724 e. The number of aryl methyl sites for hydroxylation is 1. The molecule has 0 aliphatic heterocycles. The third-order valence-electron chi connectivity index (χ3n) is 3.89. The normalized spacial score (nSPS) is 21.5. The highest BCUT2D eigenvalue weighted by atomic mass is 79.9. The number of benzene rings is 1. The van der Waals surface area contributed by atoms with Crippen LogP contribution in [0.4, 0.5) is 0 Å². The van der Waals surface area contributed by atoms with Crippen LogP contribution in [0.5, 0.6) is 0 Å². The van der Waals surface area contributed by atoms with E-state index in [0.29, 0.717) is 12.0 Å². The number of hydrogen-bond donors (Lipinski definition) is 1. The van der Waals surface area contributed by atoms with Gasteiger partial charge in [0.1, 0.15) is 0 Å². The molecule has 1 N–H and O–H groups in total. The minimum absolute atomic E-state index is 0.603. The topological polar surface area (TPSA) is 37.8 Å². The van der Waals surface area contributed by atoms with Gasteiger partial charge in [-0.05, 0) is 43.4 Å². The van der Waals surface area contributed by atoms with Crippen molar-refractivity contribution in [1.82, 2.24) is 15.3 Å². The zero-order chi connectivity index (χ0) is 13.9. The van der Waals surface area contributed by atoms with Gasteiger partial charge in [0.05, 0.1) is 11.4 Å². The van der Waals surface area contributed by atoms with E-state index >= 15 is 0 Å². The van der Waals surface area contributed by atoms with E-state index in [2.05, 4.69) is 55.5 Å². The summed E-state index contributed by atoms with van der Waals surface area (Å²) in [6.07, 6.45) is 6.09. The van der Waals surface area contributed by atoms with E-state index in [1.54, 1.807) is 0 Å². The van der Waals surface area contributed by atoms with E-state index in [1.165, 1.54) is 18.4 Å². The number of halogens is 1. The Morgan fingerprint density at radius 1 is 1.15 bits per heavy atom. The maximum atomic E-state index is 4.37. The van der Waals surface area contributed by atoms with Crippen molar-refractivity contribution in [2.45, 2.75) is 38.3 Å². The first-order chi connectivity index (χ1) is 9.70.